The largest absolute Gasteiger partial charge is 0.481 e. The van der Waals surface area contributed by atoms with Crippen molar-refractivity contribution in [2.24, 2.45) is 5.41 Å². The quantitative estimate of drug-likeness (QED) is 0.742. The number of rotatable bonds is 6. The van der Waals surface area contributed by atoms with Gasteiger partial charge in [-0.3, -0.25) is 9.69 Å². The van der Waals surface area contributed by atoms with Gasteiger partial charge in [-0.2, -0.15) is 0 Å². The van der Waals surface area contributed by atoms with E-state index in [-0.39, 0.29) is 0 Å². The van der Waals surface area contributed by atoms with Crippen molar-refractivity contribution in [2.45, 2.75) is 45.6 Å². The third-order valence-electron chi connectivity index (χ3n) is 3.65. The lowest BCUT2D eigenvalue weighted by Crippen LogP contribution is -2.47. The Labute approximate surface area is 104 Å². The first-order valence-electron chi connectivity index (χ1n) is 6.59. The first-order chi connectivity index (χ1) is 7.97. The Kier molecular flexibility index (Phi) is 5.40. The fourth-order valence-corrected chi connectivity index (χ4v) is 2.48. The summed E-state index contributed by atoms with van der Waals surface area (Å²) in [5.41, 5.74) is -0.644. The van der Waals surface area contributed by atoms with Gasteiger partial charge in [-0.25, -0.2) is 0 Å². The van der Waals surface area contributed by atoms with E-state index < -0.39 is 11.4 Å². The van der Waals surface area contributed by atoms with Gasteiger partial charge in [-0.1, -0.05) is 6.42 Å². The second kappa shape index (κ2) is 6.36. The molecule has 2 N–H and O–H groups in total. The summed E-state index contributed by atoms with van der Waals surface area (Å²) < 4.78 is 0. The fourth-order valence-electron chi connectivity index (χ4n) is 2.48. The zero-order chi connectivity index (χ0) is 12.9. The summed E-state index contributed by atoms with van der Waals surface area (Å²) in [6, 6.07) is 0.551. The fraction of sp³-hybridized carbons (Fsp3) is 0.923. The summed E-state index contributed by atoms with van der Waals surface area (Å²) in [5, 5.41) is 12.4. The highest BCUT2D eigenvalue weighted by Gasteiger charge is 2.33. The van der Waals surface area contributed by atoms with Gasteiger partial charge in [0.2, 0.25) is 0 Å². The van der Waals surface area contributed by atoms with E-state index in [1.54, 1.807) is 0 Å². The highest BCUT2D eigenvalue weighted by Crippen LogP contribution is 2.25. The Balaban J connectivity index is 2.55. The molecule has 4 heteroatoms. The molecule has 0 bridgehead atoms. The maximum Gasteiger partial charge on any atom is 0.310 e. The van der Waals surface area contributed by atoms with E-state index in [1.807, 2.05) is 20.9 Å². The van der Waals surface area contributed by atoms with E-state index in [2.05, 4.69) is 10.2 Å². The molecule has 1 rings (SSSR count). The number of likely N-dealkylation sites (tertiary alicyclic amines) is 1. The molecule has 0 amide bonds. The van der Waals surface area contributed by atoms with Crippen LogP contribution in [-0.2, 0) is 4.79 Å². The zero-order valence-electron chi connectivity index (χ0n) is 11.3. The normalized spacial score (nSPS) is 22.6. The zero-order valence-corrected chi connectivity index (χ0v) is 11.3. The molecule has 1 aliphatic rings. The van der Waals surface area contributed by atoms with E-state index in [1.165, 1.54) is 19.3 Å². The lowest BCUT2D eigenvalue weighted by atomic mass is 9.90. The average Bonchev–Trinajstić information content (AvgIpc) is 2.27. The van der Waals surface area contributed by atoms with Gasteiger partial charge in [0.1, 0.15) is 0 Å². The molecule has 0 aliphatic carbocycles. The summed E-state index contributed by atoms with van der Waals surface area (Å²) in [7, 11) is 1.97. The first-order valence-corrected chi connectivity index (χ1v) is 6.59. The molecule has 1 heterocycles. The van der Waals surface area contributed by atoms with E-state index >= 15 is 0 Å². The lowest BCUT2D eigenvalue weighted by molar-refractivity contribution is -0.148. The number of piperidine rings is 1. The molecular weight excluding hydrogens is 216 g/mol. The van der Waals surface area contributed by atoms with Crippen LogP contribution in [0.3, 0.4) is 0 Å². The molecule has 1 fully saturated rings. The number of hydrogen-bond donors (Lipinski definition) is 2. The van der Waals surface area contributed by atoms with Crippen LogP contribution in [0.25, 0.3) is 0 Å². The summed E-state index contributed by atoms with van der Waals surface area (Å²) in [4.78, 5) is 13.5. The predicted octanol–water partition coefficient (Wildman–Crippen LogP) is 1.56. The van der Waals surface area contributed by atoms with Crippen LogP contribution >= 0.6 is 0 Å². The third-order valence-corrected chi connectivity index (χ3v) is 3.65. The molecule has 1 unspecified atom stereocenters. The molecular formula is C13H26N2O2. The second-order valence-electron chi connectivity index (χ2n) is 5.70. The minimum Gasteiger partial charge on any atom is -0.481 e. The summed E-state index contributed by atoms with van der Waals surface area (Å²) in [6.45, 7) is 6.36. The van der Waals surface area contributed by atoms with Crippen LogP contribution in [0.4, 0.5) is 0 Å². The van der Waals surface area contributed by atoms with Crippen molar-refractivity contribution in [1.82, 2.24) is 10.2 Å². The Morgan fingerprint density at radius 3 is 2.76 bits per heavy atom. The van der Waals surface area contributed by atoms with Crippen molar-refractivity contribution in [3.63, 3.8) is 0 Å². The van der Waals surface area contributed by atoms with Gasteiger partial charge in [0, 0.05) is 12.6 Å². The molecule has 0 saturated carbocycles. The summed E-state index contributed by atoms with van der Waals surface area (Å²) in [5.74, 6) is -0.699. The van der Waals surface area contributed by atoms with E-state index in [0.717, 1.165) is 19.5 Å². The minimum atomic E-state index is -0.699. The number of hydrogen-bond acceptors (Lipinski definition) is 3. The van der Waals surface area contributed by atoms with Crippen molar-refractivity contribution < 1.29 is 9.90 Å². The van der Waals surface area contributed by atoms with Crippen molar-refractivity contribution in [2.75, 3.05) is 26.7 Å². The number of nitrogens with zero attached hydrogens (tertiary/aromatic N) is 1. The Hall–Kier alpha value is -0.610. The molecule has 0 aromatic heterocycles. The highest BCUT2D eigenvalue weighted by atomic mass is 16.4. The number of carboxylic acids is 1. The molecule has 1 aliphatic heterocycles. The lowest BCUT2D eigenvalue weighted by Gasteiger charge is -2.39. The van der Waals surface area contributed by atoms with Gasteiger partial charge >= 0.3 is 5.97 Å². The van der Waals surface area contributed by atoms with Crippen LogP contribution in [0.5, 0.6) is 0 Å². The van der Waals surface area contributed by atoms with E-state index in [0.29, 0.717) is 12.6 Å². The van der Waals surface area contributed by atoms with Gasteiger partial charge in [0.25, 0.3) is 0 Å². The average molecular weight is 242 g/mol. The first kappa shape index (κ1) is 14.5. The van der Waals surface area contributed by atoms with Crippen LogP contribution in [-0.4, -0.2) is 48.7 Å². The van der Waals surface area contributed by atoms with E-state index in [9.17, 15) is 9.90 Å². The van der Waals surface area contributed by atoms with Crippen LogP contribution in [0, 0.1) is 5.41 Å². The monoisotopic (exact) mass is 242 g/mol. The third kappa shape index (κ3) is 4.28. The molecule has 1 saturated heterocycles. The van der Waals surface area contributed by atoms with Gasteiger partial charge in [-0.05, 0) is 53.2 Å². The number of carboxylic acid groups (broad SMARTS) is 1. The molecule has 1 atom stereocenters. The maximum atomic E-state index is 11.2. The van der Waals surface area contributed by atoms with Gasteiger partial charge in [0.05, 0.1) is 5.41 Å². The predicted molar refractivity (Wildman–Crippen MR) is 69.2 cm³/mol. The molecule has 17 heavy (non-hydrogen) atoms. The second-order valence-corrected chi connectivity index (χ2v) is 5.70. The number of aliphatic carboxylic acids is 1. The number of nitrogens with one attached hydrogen (secondary N) is 1. The molecule has 0 radical (unpaired) electrons. The Bertz CT molecular complexity index is 254. The van der Waals surface area contributed by atoms with Gasteiger partial charge in [0.15, 0.2) is 0 Å². The van der Waals surface area contributed by atoms with Crippen LogP contribution < -0.4 is 5.32 Å². The standard InChI is InChI=1S/C13H26N2O2/c1-13(2,12(16)17)10-15-9-5-4-6-11(15)7-8-14-3/h11,14H,4-10H2,1-3H3,(H,16,17). The SMILES string of the molecule is CNCCC1CCCCN1CC(C)(C)C(=O)O. The van der Waals surface area contributed by atoms with Crippen molar-refractivity contribution >= 4 is 5.97 Å². The molecule has 100 valence electrons. The molecule has 4 nitrogen and oxygen atoms in total. The highest BCUT2D eigenvalue weighted by molar-refractivity contribution is 5.73. The molecule has 0 spiro atoms. The Morgan fingerprint density at radius 2 is 2.18 bits per heavy atom. The van der Waals surface area contributed by atoms with Crippen molar-refractivity contribution in [3.8, 4) is 0 Å². The van der Waals surface area contributed by atoms with Crippen molar-refractivity contribution in [3.05, 3.63) is 0 Å². The van der Waals surface area contributed by atoms with Crippen LogP contribution in [0.2, 0.25) is 0 Å². The maximum absolute atomic E-state index is 11.2. The number of carbonyl (C=O) groups is 1. The van der Waals surface area contributed by atoms with E-state index in [4.69, 9.17) is 0 Å². The van der Waals surface area contributed by atoms with Crippen molar-refractivity contribution in [1.29, 1.82) is 0 Å². The van der Waals surface area contributed by atoms with Crippen LogP contribution in [0.1, 0.15) is 39.5 Å². The summed E-state index contributed by atoms with van der Waals surface area (Å²) in [6.07, 6.45) is 4.80. The molecule has 0 aromatic rings. The van der Waals surface area contributed by atoms with Crippen LogP contribution in [0.15, 0.2) is 0 Å². The van der Waals surface area contributed by atoms with Gasteiger partial charge in [-0.15, -0.1) is 0 Å². The topological polar surface area (TPSA) is 52.6 Å². The molecule has 0 aromatic carbocycles. The summed E-state index contributed by atoms with van der Waals surface area (Å²) >= 11 is 0. The smallest absolute Gasteiger partial charge is 0.310 e. The van der Waals surface area contributed by atoms with Gasteiger partial charge < -0.3 is 10.4 Å². The Morgan fingerprint density at radius 1 is 1.47 bits per heavy atom. The minimum absolute atomic E-state index is 0.551.